The van der Waals surface area contributed by atoms with Gasteiger partial charge < -0.3 is 15.2 Å². The molecule has 0 saturated carbocycles. The molecule has 7 heteroatoms. The summed E-state index contributed by atoms with van der Waals surface area (Å²) in [4.78, 5) is 24.2. The Morgan fingerprint density at radius 3 is 2.70 bits per heavy atom. The molecule has 0 aliphatic heterocycles. The summed E-state index contributed by atoms with van der Waals surface area (Å²) in [5.74, 6) is -0.828. The number of aromatic carboxylic acids is 1. The van der Waals surface area contributed by atoms with Crippen molar-refractivity contribution >= 4 is 44.8 Å². The average Bonchev–Trinajstić information content (AvgIpc) is 2.93. The molecule has 1 aromatic carbocycles. The van der Waals surface area contributed by atoms with Crippen LogP contribution in [0.3, 0.4) is 0 Å². The number of benzene rings is 1. The molecular weight excluding hydrogens is 382 g/mol. The quantitative estimate of drug-likeness (QED) is 0.734. The first-order valence-corrected chi connectivity index (χ1v) is 8.56. The summed E-state index contributed by atoms with van der Waals surface area (Å²) >= 11 is 5.08. The van der Waals surface area contributed by atoms with E-state index in [-0.39, 0.29) is 11.5 Å². The molecule has 2 N–H and O–H groups in total. The Labute approximate surface area is 146 Å². The summed E-state index contributed by atoms with van der Waals surface area (Å²) in [5, 5.41) is 11.7. The molecule has 23 heavy (non-hydrogen) atoms. The average molecular weight is 398 g/mol. The maximum Gasteiger partial charge on any atom is 0.335 e. The van der Waals surface area contributed by atoms with E-state index < -0.39 is 5.97 Å². The Hall–Kier alpha value is -1.86. The summed E-state index contributed by atoms with van der Waals surface area (Å²) < 4.78 is 6.22. The van der Waals surface area contributed by atoms with Crippen molar-refractivity contribution in [1.82, 2.24) is 0 Å². The summed E-state index contributed by atoms with van der Waals surface area (Å²) in [5.41, 5.74) is 0.587. The number of thiophene rings is 1. The largest absolute Gasteiger partial charge is 0.495 e. The van der Waals surface area contributed by atoms with Crippen LogP contribution in [-0.2, 0) is 11.2 Å². The molecule has 2 rings (SSSR count). The molecule has 0 unspecified atom stereocenters. The van der Waals surface area contributed by atoms with Gasteiger partial charge in [0.05, 0.1) is 22.1 Å². The topological polar surface area (TPSA) is 75.6 Å². The second-order valence-corrected chi connectivity index (χ2v) is 7.38. The molecule has 0 saturated heterocycles. The highest BCUT2D eigenvalue weighted by molar-refractivity contribution is 9.11. The van der Waals surface area contributed by atoms with E-state index in [2.05, 4.69) is 21.2 Å². The van der Waals surface area contributed by atoms with Crippen LogP contribution >= 0.6 is 27.3 Å². The number of ether oxygens (including phenoxy) is 1. The number of rotatable bonds is 7. The lowest BCUT2D eigenvalue weighted by Crippen LogP contribution is -2.12. The number of aryl methyl sites for hydroxylation is 1. The smallest absolute Gasteiger partial charge is 0.335 e. The van der Waals surface area contributed by atoms with Crippen LogP contribution in [0.25, 0.3) is 0 Å². The third-order valence-corrected chi connectivity index (χ3v) is 4.86. The fourth-order valence-corrected chi connectivity index (χ4v) is 3.57. The molecule has 0 atom stereocenters. The predicted octanol–water partition coefficient (Wildman–Crippen LogP) is 4.18. The molecule has 0 fully saturated rings. The van der Waals surface area contributed by atoms with Gasteiger partial charge >= 0.3 is 5.97 Å². The minimum Gasteiger partial charge on any atom is -0.495 e. The number of nitrogens with one attached hydrogen (secondary N) is 1. The van der Waals surface area contributed by atoms with E-state index in [1.165, 1.54) is 30.2 Å². The molecule has 0 radical (unpaired) electrons. The highest BCUT2D eigenvalue weighted by Gasteiger charge is 2.11. The zero-order valence-corrected chi connectivity index (χ0v) is 14.9. The van der Waals surface area contributed by atoms with E-state index >= 15 is 0 Å². The third-order valence-electron chi connectivity index (χ3n) is 3.18. The van der Waals surface area contributed by atoms with Crippen molar-refractivity contribution in [3.05, 3.63) is 44.6 Å². The van der Waals surface area contributed by atoms with Gasteiger partial charge in [0, 0.05) is 11.3 Å². The van der Waals surface area contributed by atoms with Crippen molar-refractivity contribution in [2.75, 3.05) is 12.4 Å². The normalized spacial score (nSPS) is 10.3. The van der Waals surface area contributed by atoms with Crippen LogP contribution in [0.4, 0.5) is 5.69 Å². The standard InChI is InChI=1S/C16H16BrNO4S/c1-22-13-9-10(16(20)21)5-7-12(13)18-15(19)4-2-3-11-6-8-14(17)23-11/h5-9H,2-4H2,1H3,(H,18,19)(H,20,21). The lowest BCUT2D eigenvalue weighted by atomic mass is 10.1. The van der Waals surface area contributed by atoms with Gasteiger partial charge in [0.1, 0.15) is 5.75 Å². The van der Waals surface area contributed by atoms with Crippen LogP contribution < -0.4 is 10.1 Å². The summed E-state index contributed by atoms with van der Waals surface area (Å²) in [6, 6.07) is 8.40. The van der Waals surface area contributed by atoms with Crippen LogP contribution in [0.5, 0.6) is 5.75 Å². The first kappa shape index (κ1) is 17.5. The monoisotopic (exact) mass is 397 g/mol. The van der Waals surface area contributed by atoms with Gasteiger partial charge in [-0.25, -0.2) is 4.79 Å². The molecule has 122 valence electrons. The number of halogens is 1. The fourth-order valence-electron chi connectivity index (χ4n) is 2.05. The Morgan fingerprint density at radius 2 is 2.09 bits per heavy atom. The van der Waals surface area contributed by atoms with Gasteiger partial charge in [0.15, 0.2) is 0 Å². The van der Waals surface area contributed by atoms with Crippen molar-refractivity contribution in [3.63, 3.8) is 0 Å². The summed E-state index contributed by atoms with van der Waals surface area (Å²) in [6.07, 6.45) is 1.98. The Morgan fingerprint density at radius 1 is 1.30 bits per heavy atom. The van der Waals surface area contributed by atoms with Crippen LogP contribution in [0, 0.1) is 0 Å². The van der Waals surface area contributed by atoms with Crippen molar-refractivity contribution in [2.45, 2.75) is 19.3 Å². The number of methoxy groups -OCH3 is 1. The molecule has 0 spiro atoms. The van der Waals surface area contributed by atoms with Crippen LogP contribution in [-0.4, -0.2) is 24.1 Å². The SMILES string of the molecule is COc1cc(C(=O)O)ccc1NC(=O)CCCc1ccc(Br)s1. The van der Waals surface area contributed by atoms with E-state index in [9.17, 15) is 9.59 Å². The van der Waals surface area contributed by atoms with Gasteiger partial charge in [0.25, 0.3) is 0 Å². The number of hydrogen-bond donors (Lipinski definition) is 2. The van der Waals surface area contributed by atoms with E-state index in [0.717, 1.165) is 16.6 Å². The van der Waals surface area contributed by atoms with Crippen LogP contribution in [0.2, 0.25) is 0 Å². The van der Waals surface area contributed by atoms with E-state index in [0.29, 0.717) is 17.9 Å². The van der Waals surface area contributed by atoms with Crippen LogP contribution in [0.15, 0.2) is 34.1 Å². The number of carbonyl (C=O) groups excluding carboxylic acids is 1. The molecule has 5 nitrogen and oxygen atoms in total. The van der Waals surface area contributed by atoms with E-state index in [4.69, 9.17) is 9.84 Å². The minimum absolute atomic E-state index is 0.114. The second kappa shape index (κ2) is 8.12. The molecule has 1 heterocycles. The first-order chi connectivity index (χ1) is 11.0. The lowest BCUT2D eigenvalue weighted by molar-refractivity contribution is -0.116. The zero-order chi connectivity index (χ0) is 16.8. The molecule has 1 amide bonds. The Kier molecular flexibility index (Phi) is 6.18. The van der Waals surface area contributed by atoms with Crippen molar-refractivity contribution in [2.24, 2.45) is 0 Å². The van der Waals surface area contributed by atoms with Gasteiger partial charge in [-0.1, -0.05) is 0 Å². The third kappa shape index (κ3) is 5.07. The second-order valence-electron chi connectivity index (χ2n) is 4.83. The van der Waals surface area contributed by atoms with Crippen molar-refractivity contribution in [1.29, 1.82) is 0 Å². The fraction of sp³-hybridized carbons (Fsp3) is 0.250. The zero-order valence-electron chi connectivity index (χ0n) is 12.5. The van der Waals surface area contributed by atoms with Gasteiger partial charge in [-0.3, -0.25) is 4.79 Å². The Bertz CT molecular complexity index is 714. The highest BCUT2D eigenvalue weighted by atomic mass is 79.9. The lowest BCUT2D eigenvalue weighted by Gasteiger charge is -2.10. The highest BCUT2D eigenvalue weighted by Crippen LogP contribution is 2.26. The molecule has 0 bridgehead atoms. The number of carboxylic acids is 1. The number of carbonyl (C=O) groups is 2. The first-order valence-electron chi connectivity index (χ1n) is 6.95. The molecule has 2 aromatic rings. The number of anilines is 1. The summed E-state index contributed by atoms with van der Waals surface area (Å²) in [7, 11) is 1.44. The number of amides is 1. The molecular formula is C16H16BrNO4S. The van der Waals surface area contributed by atoms with Gasteiger partial charge in [-0.2, -0.15) is 0 Å². The van der Waals surface area contributed by atoms with Gasteiger partial charge in [-0.15, -0.1) is 11.3 Å². The number of hydrogen-bond acceptors (Lipinski definition) is 4. The maximum atomic E-state index is 12.0. The predicted molar refractivity (Wildman–Crippen MR) is 93.5 cm³/mol. The minimum atomic E-state index is -1.04. The van der Waals surface area contributed by atoms with Gasteiger partial charge in [0.2, 0.25) is 5.91 Å². The molecule has 0 aliphatic carbocycles. The van der Waals surface area contributed by atoms with Gasteiger partial charge in [-0.05, 0) is 59.1 Å². The molecule has 1 aromatic heterocycles. The van der Waals surface area contributed by atoms with Crippen molar-refractivity contribution < 1.29 is 19.4 Å². The Balaban J connectivity index is 1.90. The maximum absolute atomic E-state index is 12.0. The van der Waals surface area contributed by atoms with Crippen molar-refractivity contribution in [3.8, 4) is 5.75 Å². The molecule has 0 aliphatic rings. The van der Waals surface area contributed by atoms with E-state index in [1.807, 2.05) is 12.1 Å². The number of carboxylic acid groups (broad SMARTS) is 1. The summed E-state index contributed by atoms with van der Waals surface area (Å²) in [6.45, 7) is 0. The van der Waals surface area contributed by atoms with Crippen LogP contribution in [0.1, 0.15) is 28.1 Å². The van der Waals surface area contributed by atoms with E-state index in [1.54, 1.807) is 11.3 Å².